The Bertz CT molecular complexity index is 234. The predicted molar refractivity (Wildman–Crippen MR) is 50.9 cm³/mol. The van der Waals surface area contributed by atoms with Gasteiger partial charge in [-0.1, -0.05) is 46.4 Å². The molecule has 2 N–H and O–H groups in total. The number of anilines is 1. The molecule has 0 aliphatic heterocycles. The van der Waals surface area contributed by atoms with Crippen molar-refractivity contribution < 1.29 is 4.39 Å². The van der Waals surface area contributed by atoms with Crippen LogP contribution in [0, 0.1) is 5.82 Å². The minimum absolute atomic E-state index is 0.0342. The van der Waals surface area contributed by atoms with Crippen LogP contribution in [0.4, 0.5) is 10.1 Å². The molecule has 0 bridgehead atoms. The molecule has 0 radical (unpaired) electrons. The molecule has 1 aromatic carbocycles. The van der Waals surface area contributed by atoms with Crippen LogP contribution >= 0.6 is 46.4 Å². The molecular weight excluding hydrogens is 247 g/mol. The van der Waals surface area contributed by atoms with E-state index in [2.05, 4.69) is 0 Å². The van der Waals surface area contributed by atoms with Gasteiger partial charge in [0, 0.05) is 0 Å². The number of nitrogens with two attached hydrogens (primary N) is 1. The van der Waals surface area contributed by atoms with E-state index < -0.39 is 5.82 Å². The topological polar surface area (TPSA) is 26.0 Å². The Morgan fingerprint density at radius 2 is 1.33 bits per heavy atom. The van der Waals surface area contributed by atoms with Crippen molar-refractivity contribution in [1.82, 2.24) is 0 Å². The smallest absolute Gasteiger partial charge is 0.164 e. The second-order valence-corrected chi connectivity index (χ2v) is 3.50. The highest BCUT2D eigenvalue weighted by Gasteiger charge is 2.17. The van der Waals surface area contributed by atoms with Crippen LogP contribution in [0.2, 0.25) is 20.1 Å². The SMILES string of the molecule is Nc1c(Cl)c(F)c(Cl)c(Cl)c1Cl. The number of hydrogen-bond donors (Lipinski definition) is 1. The third-order valence-electron chi connectivity index (χ3n) is 1.24. The molecular formula is C6H2Cl4FN. The van der Waals surface area contributed by atoms with Crippen molar-refractivity contribution in [2.75, 3.05) is 5.73 Å². The van der Waals surface area contributed by atoms with Crippen LogP contribution in [0.1, 0.15) is 0 Å². The van der Waals surface area contributed by atoms with Gasteiger partial charge in [0.25, 0.3) is 0 Å². The lowest BCUT2D eigenvalue weighted by molar-refractivity contribution is 0.629. The lowest BCUT2D eigenvalue weighted by Gasteiger charge is -2.06. The van der Waals surface area contributed by atoms with Crippen molar-refractivity contribution in [3.8, 4) is 0 Å². The number of benzene rings is 1. The number of halogens is 5. The van der Waals surface area contributed by atoms with Crippen molar-refractivity contribution in [3.05, 3.63) is 25.9 Å². The molecule has 0 aliphatic rings. The van der Waals surface area contributed by atoms with Crippen LogP contribution in [0.5, 0.6) is 0 Å². The van der Waals surface area contributed by atoms with E-state index in [9.17, 15) is 4.39 Å². The number of hydrogen-bond acceptors (Lipinski definition) is 1. The molecule has 0 amide bonds. The molecule has 1 nitrogen and oxygen atoms in total. The molecule has 0 spiro atoms. The number of rotatable bonds is 0. The first-order valence-corrected chi connectivity index (χ1v) is 4.25. The molecule has 0 saturated heterocycles. The maximum absolute atomic E-state index is 12.9. The van der Waals surface area contributed by atoms with E-state index in [0.29, 0.717) is 0 Å². The van der Waals surface area contributed by atoms with E-state index in [4.69, 9.17) is 52.1 Å². The lowest BCUT2D eigenvalue weighted by atomic mass is 10.3. The third kappa shape index (κ3) is 1.44. The molecule has 0 atom stereocenters. The fourth-order valence-electron chi connectivity index (χ4n) is 0.622. The lowest BCUT2D eigenvalue weighted by Crippen LogP contribution is -1.93. The Labute approximate surface area is 88.1 Å². The molecule has 0 fully saturated rings. The van der Waals surface area contributed by atoms with E-state index in [1.165, 1.54) is 0 Å². The summed E-state index contributed by atoms with van der Waals surface area (Å²) in [5.74, 6) is -0.856. The summed E-state index contributed by atoms with van der Waals surface area (Å²) < 4.78 is 12.9. The summed E-state index contributed by atoms with van der Waals surface area (Å²) in [7, 11) is 0. The molecule has 1 aromatic rings. The number of nitrogen functional groups attached to an aromatic ring is 1. The molecule has 0 aliphatic carbocycles. The average molecular weight is 249 g/mol. The van der Waals surface area contributed by atoms with Crippen molar-refractivity contribution in [3.63, 3.8) is 0 Å². The molecule has 0 unspecified atom stereocenters. The van der Waals surface area contributed by atoms with Gasteiger partial charge in [-0.15, -0.1) is 0 Å². The first-order chi connectivity index (χ1) is 5.46. The first-order valence-electron chi connectivity index (χ1n) is 2.73. The minimum Gasteiger partial charge on any atom is -0.396 e. The van der Waals surface area contributed by atoms with Crippen LogP contribution in [0.15, 0.2) is 0 Å². The Hall–Kier alpha value is 0.110. The Morgan fingerprint density at radius 1 is 0.833 bits per heavy atom. The Morgan fingerprint density at radius 3 is 1.83 bits per heavy atom. The van der Waals surface area contributed by atoms with E-state index in [1.54, 1.807) is 0 Å². The highest BCUT2D eigenvalue weighted by molar-refractivity contribution is 6.51. The van der Waals surface area contributed by atoms with Crippen LogP contribution in [0.25, 0.3) is 0 Å². The second kappa shape index (κ2) is 3.46. The summed E-state index contributed by atoms with van der Waals surface area (Å²) in [6, 6.07) is 0. The highest BCUT2D eigenvalue weighted by atomic mass is 35.5. The quantitative estimate of drug-likeness (QED) is 0.419. The van der Waals surface area contributed by atoms with Gasteiger partial charge < -0.3 is 5.73 Å². The zero-order chi connectivity index (χ0) is 9.46. The predicted octanol–water partition coefficient (Wildman–Crippen LogP) is 4.02. The summed E-state index contributed by atoms with van der Waals surface area (Å²) in [5, 5.41) is -0.791. The van der Waals surface area contributed by atoms with Gasteiger partial charge in [-0.2, -0.15) is 0 Å². The van der Waals surface area contributed by atoms with Gasteiger partial charge in [0.15, 0.2) is 5.82 Å². The third-order valence-corrected chi connectivity index (χ3v) is 2.93. The molecule has 0 aromatic heterocycles. The maximum Gasteiger partial charge on any atom is 0.164 e. The van der Waals surface area contributed by atoms with Crippen molar-refractivity contribution in [2.24, 2.45) is 0 Å². The van der Waals surface area contributed by atoms with E-state index in [0.717, 1.165) is 0 Å². The summed E-state index contributed by atoms with van der Waals surface area (Å²) in [6.07, 6.45) is 0. The fourth-order valence-corrected chi connectivity index (χ4v) is 1.52. The van der Waals surface area contributed by atoms with Gasteiger partial charge >= 0.3 is 0 Å². The van der Waals surface area contributed by atoms with Crippen LogP contribution in [-0.4, -0.2) is 0 Å². The van der Waals surface area contributed by atoms with Crippen molar-refractivity contribution >= 4 is 52.1 Å². The normalized spacial score (nSPS) is 10.4. The molecule has 66 valence electrons. The van der Waals surface area contributed by atoms with Gasteiger partial charge in [0.2, 0.25) is 0 Å². The van der Waals surface area contributed by atoms with Crippen LogP contribution in [-0.2, 0) is 0 Å². The van der Waals surface area contributed by atoms with Gasteiger partial charge in [-0.05, 0) is 0 Å². The van der Waals surface area contributed by atoms with Gasteiger partial charge in [0.05, 0.1) is 20.8 Å². The second-order valence-electron chi connectivity index (χ2n) is 1.98. The highest BCUT2D eigenvalue weighted by Crippen LogP contribution is 2.41. The molecule has 6 heteroatoms. The van der Waals surface area contributed by atoms with Gasteiger partial charge in [0.1, 0.15) is 5.02 Å². The molecule has 12 heavy (non-hydrogen) atoms. The summed E-state index contributed by atoms with van der Waals surface area (Å²) in [5.41, 5.74) is 5.20. The summed E-state index contributed by atoms with van der Waals surface area (Å²) >= 11 is 21.9. The maximum atomic E-state index is 12.9. The minimum atomic E-state index is -0.856. The molecule has 0 saturated carbocycles. The molecule has 0 heterocycles. The van der Waals surface area contributed by atoms with E-state index in [-0.39, 0.29) is 25.8 Å². The standard InChI is InChI=1S/C6H2Cl4FN/c7-1-2(8)5(11)4(10)6(12)3(1)9/h12H2. The van der Waals surface area contributed by atoms with E-state index in [1.807, 2.05) is 0 Å². The van der Waals surface area contributed by atoms with Crippen molar-refractivity contribution in [2.45, 2.75) is 0 Å². The zero-order valence-corrected chi connectivity index (χ0v) is 8.49. The van der Waals surface area contributed by atoms with E-state index >= 15 is 0 Å². The molecule has 1 rings (SSSR count). The average Bonchev–Trinajstić information content (AvgIpc) is 2.08. The van der Waals surface area contributed by atoms with Gasteiger partial charge in [-0.3, -0.25) is 0 Å². The largest absolute Gasteiger partial charge is 0.396 e. The fraction of sp³-hybridized carbons (Fsp3) is 0. The Balaban J connectivity index is 3.60. The first kappa shape index (κ1) is 10.2. The Kier molecular flexibility index (Phi) is 2.94. The van der Waals surface area contributed by atoms with Crippen molar-refractivity contribution in [1.29, 1.82) is 0 Å². The van der Waals surface area contributed by atoms with Crippen LogP contribution < -0.4 is 5.73 Å². The summed E-state index contributed by atoms with van der Waals surface area (Å²) in [4.78, 5) is 0. The summed E-state index contributed by atoms with van der Waals surface area (Å²) in [6.45, 7) is 0. The van der Waals surface area contributed by atoms with Crippen LogP contribution in [0.3, 0.4) is 0 Å². The zero-order valence-electron chi connectivity index (χ0n) is 5.47. The monoisotopic (exact) mass is 247 g/mol. The van der Waals surface area contributed by atoms with Gasteiger partial charge in [-0.25, -0.2) is 4.39 Å².